The highest BCUT2D eigenvalue weighted by Crippen LogP contribution is 2.32. The molecule has 168 valence electrons. The third-order valence-corrected chi connectivity index (χ3v) is 6.37. The maximum atomic E-state index is 13.1. The molecule has 1 aliphatic heterocycles. The molecule has 0 radical (unpaired) electrons. The molecule has 0 unspecified atom stereocenters. The molecule has 1 aliphatic carbocycles. The Hall–Kier alpha value is -3.08. The van der Waals surface area contributed by atoms with Crippen LogP contribution in [-0.4, -0.2) is 24.3 Å². The van der Waals surface area contributed by atoms with E-state index in [-0.39, 0.29) is 17.2 Å². The first-order valence-electron chi connectivity index (χ1n) is 11.4. The number of amides is 1. The lowest BCUT2D eigenvalue weighted by Crippen LogP contribution is -2.43. The molecule has 1 amide bonds. The van der Waals surface area contributed by atoms with E-state index >= 15 is 0 Å². The Labute approximate surface area is 190 Å². The van der Waals surface area contributed by atoms with Gasteiger partial charge < -0.3 is 15.4 Å². The number of hydrogen-bond acceptors (Lipinski definition) is 4. The summed E-state index contributed by atoms with van der Waals surface area (Å²) in [7, 11) is 1.64. The quantitative estimate of drug-likeness (QED) is 0.476. The summed E-state index contributed by atoms with van der Waals surface area (Å²) in [4.78, 5) is 25.6. The summed E-state index contributed by atoms with van der Waals surface area (Å²) < 4.78 is 5.39. The van der Waals surface area contributed by atoms with Gasteiger partial charge in [-0.15, -0.1) is 0 Å². The average molecular weight is 433 g/mol. The Bertz CT molecular complexity index is 1050. The van der Waals surface area contributed by atoms with E-state index < -0.39 is 0 Å². The van der Waals surface area contributed by atoms with E-state index in [2.05, 4.69) is 30.5 Å². The summed E-state index contributed by atoms with van der Waals surface area (Å²) in [6.07, 6.45) is 7.77. The van der Waals surface area contributed by atoms with Gasteiger partial charge in [0.05, 0.1) is 7.11 Å². The van der Waals surface area contributed by atoms with Gasteiger partial charge in [0, 0.05) is 40.5 Å². The molecule has 0 saturated heterocycles. The number of allylic oxidation sites excluding steroid dienone is 1. The fraction of sp³-hybridized carbons (Fsp3) is 0.407. The van der Waals surface area contributed by atoms with Gasteiger partial charge >= 0.3 is 0 Å². The molecule has 1 saturated carbocycles. The minimum atomic E-state index is -0.163. The summed E-state index contributed by atoms with van der Waals surface area (Å²) in [6, 6.07) is 13.2. The molecule has 2 aromatic carbocycles. The van der Waals surface area contributed by atoms with E-state index in [1.165, 1.54) is 18.4 Å². The largest absolute Gasteiger partial charge is 0.497 e. The van der Waals surface area contributed by atoms with Crippen molar-refractivity contribution in [1.29, 1.82) is 0 Å². The summed E-state index contributed by atoms with van der Waals surface area (Å²) >= 11 is 0. The SMILES string of the molecule is COc1ccc2c(c1)/C(=C/C(=O)c1cccc(NC(=O)CC3CCCC3)c1)NC(C)(C)C2. The Morgan fingerprint density at radius 2 is 1.94 bits per heavy atom. The maximum Gasteiger partial charge on any atom is 0.224 e. The van der Waals surface area contributed by atoms with E-state index in [0.29, 0.717) is 23.6 Å². The molecule has 5 nitrogen and oxygen atoms in total. The van der Waals surface area contributed by atoms with E-state index in [1.807, 2.05) is 24.3 Å². The third kappa shape index (κ3) is 5.21. The number of fused-ring (bicyclic) bond motifs is 1. The van der Waals surface area contributed by atoms with Crippen molar-refractivity contribution in [2.24, 2.45) is 5.92 Å². The molecule has 32 heavy (non-hydrogen) atoms. The molecular weight excluding hydrogens is 400 g/mol. The number of carbonyl (C=O) groups is 2. The Morgan fingerprint density at radius 1 is 1.16 bits per heavy atom. The number of ketones is 1. The molecule has 2 aliphatic rings. The van der Waals surface area contributed by atoms with Crippen LogP contribution in [0.25, 0.3) is 5.70 Å². The van der Waals surface area contributed by atoms with Gasteiger partial charge in [-0.25, -0.2) is 0 Å². The molecule has 4 rings (SSSR count). The lowest BCUT2D eigenvalue weighted by molar-refractivity contribution is -0.117. The van der Waals surface area contributed by atoms with Crippen molar-refractivity contribution >= 4 is 23.1 Å². The van der Waals surface area contributed by atoms with Gasteiger partial charge in [0.15, 0.2) is 5.78 Å². The van der Waals surface area contributed by atoms with Crippen LogP contribution in [0, 0.1) is 5.92 Å². The van der Waals surface area contributed by atoms with Gasteiger partial charge in [0.2, 0.25) is 5.91 Å². The minimum Gasteiger partial charge on any atom is -0.497 e. The maximum absolute atomic E-state index is 13.1. The van der Waals surface area contributed by atoms with Crippen molar-refractivity contribution in [3.8, 4) is 5.75 Å². The zero-order valence-corrected chi connectivity index (χ0v) is 19.2. The van der Waals surface area contributed by atoms with Crippen molar-refractivity contribution in [3.63, 3.8) is 0 Å². The van der Waals surface area contributed by atoms with E-state index in [1.54, 1.807) is 25.3 Å². The number of nitrogens with one attached hydrogen (secondary N) is 2. The number of methoxy groups -OCH3 is 1. The molecule has 0 atom stereocenters. The summed E-state index contributed by atoms with van der Waals surface area (Å²) in [5.74, 6) is 1.17. The van der Waals surface area contributed by atoms with E-state index in [9.17, 15) is 9.59 Å². The van der Waals surface area contributed by atoms with Gasteiger partial charge in [-0.1, -0.05) is 31.0 Å². The van der Waals surface area contributed by atoms with Crippen molar-refractivity contribution in [3.05, 3.63) is 65.2 Å². The number of benzene rings is 2. The molecule has 1 heterocycles. The highest BCUT2D eigenvalue weighted by atomic mass is 16.5. The second-order valence-electron chi connectivity index (χ2n) is 9.61. The molecule has 2 N–H and O–H groups in total. The number of anilines is 1. The molecule has 2 aromatic rings. The Balaban J connectivity index is 1.54. The van der Waals surface area contributed by atoms with Crippen LogP contribution >= 0.6 is 0 Å². The lowest BCUT2D eigenvalue weighted by Gasteiger charge is -2.35. The number of carbonyl (C=O) groups excluding carboxylic acids is 2. The molecular formula is C27H32N2O3. The fourth-order valence-corrected chi connectivity index (χ4v) is 4.81. The highest BCUT2D eigenvalue weighted by molar-refractivity contribution is 6.09. The molecule has 0 spiro atoms. The summed E-state index contributed by atoms with van der Waals surface area (Å²) in [5.41, 5.74) is 4.00. The van der Waals surface area contributed by atoms with Crippen LogP contribution in [0.1, 0.15) is 67.4 Å². The van der Waals surface area contributed by atoms with Gasteiger partial charge in [-0.05, 0) is 68.9 Å². The molecule has 1 fully saturated rings. The zero-order valence-electron chi connectivity index (χ0n) is 19.2. The van der Waals surface area contributed by atoms with Gasteiger partial charge in [-0.2, -0.15) is 0 Å². The number of rotatable bonds is 6. The second-order valence-corrected chi connectivity index (χ2v) is 9.61. The average Bonchev–Trinajstić information content (AvgIpc) is 3.25. The first kappa shape index (κ1) is 22.1. The second kappa shape index (κ2) is 9.19. The summed E-state index contributed by atoms with van der Waals surface area (Å²) in [5, 5.41) is 6.47. The van der Waals surface area contributed by atoms with Crippen LogP contribution < -0.4 is 15.4 Å². The third-order valence-electron chi connectivity index (χ3n) is 6.37. The van der Waals surface area contributed by atoms with Gasteiger partial charge in [0.25, 0.3) is 0 Å². The van der Waals surface area contributed by atoms with Crippen molar-refractivity contribution in [2.75, 3.05) is 12.4 Å². The van der Waals surface area contributed by atoms with Crippen LogP contribution in [-0.2, 0) is 11.2 Å². The van der Waals surface area contributed by atoms with Crippen molar-refractivity contribution in [1.82, 2.24) is 5.32 Å². The first-order valence-corrected chi connectivity index (χ1v) is 11.4. The Morgan fingerprint density at radius 3 is 2.69 bits per heavy atom. The smallest absolute Gasteiger partial charge is 0.224 e. The predicted octanol–water partition coefficient (Wildman–Crippen LogP) is 5.36. The topological polar surface area (TPSA) is 67.4 Å². The number of ether oxygens (including phenoxy) is 1. The van der Waals surface area contributed by atoms with Crippen LogP contribution in [0.5, 0.6) is 5.75 Å². The Kier molecular flexibility index (Phi) is 6.35. The van der Waals surface area contributed by atoms with E-state index in [0.717, 1.165) is 36.3 Å². The highest BCUT2D eigenvalue weighted by Gasteiger charge is 2.28. The number of hydrogen-bond donors (Lipinski definition) is 2. The van der Waals surface area contributed by atoms with Crippen molar-refractivity contribution in [2.45, 2.75) is 57.9 Å². The normalized spacial score (nSPS) is 18.7. The summed E-state index contributed by atoms with van der Waals surface area (Å²) in [6.45, 7) is 4.25. The van der Waals surface area contributed by atoms with Gasteiger partial charge in [0.1, 0.15) is 5.75 Å². The van der Waals surface area contributed by atoms with Crippen LogP contribution in [0.3, 0.4) is 0 Å². The molecule has 5 heteroatoms. The van der Waals surface area contributed by atoms with Gasteiger partial charge in [-0.3, -0.25) is 9.59 Å². The standard InChI is InChI=1S/C27H32N2O3/c1-27(2)17-20-11-12-22(32-3)15-23(20)24(29-27)16-25(30)19-9-6-10-21(14-19)28-26(31)13-18-7-4-5-8-18/h6,9-12,14-16,18,29H,4-5,7-8,13,17H2,1-3H3,(H,28,31)/b24-16-. The van der Waals surface area contributed by atoms with E-state index in [4.69, 9.17) is 4.74 Å². The minimum absolute atomic E-state index is 0.0246. The van der Waals surface area contributed by atoms with Crippen molar-refractivity contribution < 1.29 is 14.3 Å². The monoisotopic (exact) mass is 432 g/mol. The molecule has 0 aromatic heterocycles. The van der Waals surface area contributed by atoms with Crippen LogP contribution in [0.4, 0.5) is 5.69 Å². The predicted molar refractivity (Wildman–Crippen MR) is 128 cm³/mol. The lowest BCUT2D eigenvalue weighted by atomic mass is 9.85. The zero-order chi connectivity index (χ0) is 22.7. The van der Waals surface area contributed by atoms with Crippen LogP contribution in [0.2, 0.25) is 0 Å². The van der Waals surface area contributed by atoms with Crippen LogP contribution in [0.15, 0.2) is 48.5 Å². The fourth-order valence-electron chi connectivity index (χ4n) is 4.81. The molecule has 0 bridgehead atoms. The first-order chi connectivity index (χ1) is 15.3.